The fraction of sp³-hybridized carbons (Fsp3) is 0.588. The monoisotopic (exact) mass is 491 g/mol. The standard InChI is InChI=1S/C17H25N5O8S2/c1-8-10(13(24)22(8)32(26,27)28)20-12(23)11(9-7-31-15(18)19-9)21-30-17(5,6)14(25)29-16(2,3)4/h7-8,10H,1-6H3,(H2,18,19)(H,20,23)(H,26,27,28). The van der Waals surface area contributed by atoms with Gasteiger partial charge in [0.05, 0.1) is 6.04 Å². The van der Waals surface area contributed by atoms with Crippen molar-refractivity contribution in [1.29, 1.82) is 0 Å². The van der Waals surface area contributed by atoms with Crippen LogP contribution in [0.25, 0.3) is 0 Å². The van der Waals surface area contributed by atoms with Crippen LogP contribution in [-0.2, 0) is 34.3 Å². The lowest BCUT2D eigenvalue weighted by molar-refractivity contribution is -0.179. The number of nitrogens with one attached hydrogen (secondary N) is 1. The van der Waals surface area contributed by atoms with E-state index in [1.807, 2.05) is 0 Å². The molecule has 0 bridgehead atoms. The molecule has 2 atom stereocenters. The van der Waals surface area contributed by atoms with Gasteiger partial charge in [-0.15, -0.1) is 11.3 Å². The van der Waals surface area contributed by atoms with Gasteiger partial charge in [-0.05, 0) is 41.5 Å². The summed E-state index contributed by atoms with van der Waals surface area (Å²) in [6, 6.07) is -2.29. The quantitative estimate of drug-likeness (QED) is 0.155. The van der Waals surface area contributed by atoms with Crippen molar-refractivity contribution in [3.05, 3.63) is 11.1 Å². The Labute approximate surface area is 188 Å². The first-order chi connectivity index (χ1) is 14.4. The van der Waals surface area contributed by atoms with Gasteiger partial charge in [0.15, 0.2) is 10.8 Å². The van der Waals surface area contributed by atoms with Crippen LogP contribution in [-0.4, -0.2) is 69.0 Å². The minimum atomic E-state index is -4.76. The second-order valence-electron chi connectivity index (χ2n) is 8.42. The molecule has 2 heterocycles. The topological polar surface area (TPSA) is 191 Å². The molecular formula is C17H25N5O8S2. The Bertz CT molecular complexity index is 1060. The fourth-order valence-corrected chi connectivity index (χ4v) is 3.94. The van der Waals surface area contributed by atoms with E-state index in [0.29, 0.717) is 0 Å². The summed E-state index contributed by atoms with van der Waals surface area (Å²) in [4.78, 5) is 46.5. The number of nitrogens with zero attached hydrogens (tertiary/aromatic N) is 3. The minimum Gasteiger partial charge on any atom is -0.457 e. The Morgan fingerprint density at radius 1 is 1.31 bits per heavy atom. The molecule has 0 aliphatic carbocycles. The molecule has 15 heteroatoms. The molecule has 4 N–H and O–H groups in total. The number of hydrogen-bond donors (Lipinski definition) is 3. The highest BCUT2D eigenvalue weighted by Gasteiger charge is 2.51. The second-order valence-corrected chi connectivity index (χ2v) is 10.6. The molecule has 13 nitrogen and oxygen atoms in total. The molecule has 178 valence electrons. The van der Waals surface area contributed by atoms with Crippen molar-refractivity contribution in [1.82, 2.24) is 14.6 Å². The number of anilines is 1. The Morgan fingerprint density at radius 3 is 2.34 bits per heavy atom. The van der Waals surface area contributed by atoms with Crippen molar-refractivity contribution < 1.29 is 36.9 Å². The predicted molar refractivity (Wildman–Crippen MR) is 114 cm³/mol. The number of ether oxygens (including phenoxy) is 1. The summed E-state index contributed by atoms with van der Waals surface area (Å²) in [5.74, 6) is -2.70. The van der Waals surface area contributed by atoms with E-state index < -0.39 is 57.1 Å². The van der Waals surface area contributed by atoms with Crippen molar-refractivity contribution in [3.63, 3.8) is 0 Å². The average Bonchev–Trinajstić information content (AvgIpc) is 3.03. The van der Waals surface area contributed by atoms with Crippen LogP contribution >= 0.6 is 11.3 Å². The van der Waals surface area contributed by atoms with E-state index in [-0.39, 0.29) is 15.1 Å². The summed E-state index contributed by atoms with van der Waals surface area (Å²) in [7, 11) is -4.76. The van der Waals surface area contributed by atoms with Crippen LogP contribution in [0.3, 0.4) is 0 Å². The zero-order chi connectivity index (χ0) is 24.6. The van der Waals surface area contributed by atoms with E-state index in [1.165, 1.54) is 26.2 Å². The van der Waals surface area contributed by atoms with Crippen LogP contribution < -0.4 is 11.1 Å². The first-order valence-corrected chi connectivity index (χ1v) is 11.5. The SMILES string of the molecule is CC1C(NC(=O)C(=NOC(C)(C)C(=O)OC(C)(C)C)c2csc(N)n2)C(=O)N1S(=O)(=O)O. The zero-order valence-electron chi connectivity index (χ0n) is 18.3. The number of aromatic nitrogens is 1. The number of thiazole rings is 1. The van der Waals surface area contributed by atoms with Crippen molar-refractivity contribution in [2.24, 2.45) is 5.16 Å². The lowest BCUT2D eigenvalue weighted by Crippen LogP contribution is -2.71. The molecule has 2 amide bonds. The minimum absolute atomic E-state index is 0.0102. The van der Waals surface area contributed by atoms with Gasteiger partial charge in [0.2, 0.25) is 5.60 Å². The zero-order valence-corrected chi connectivity index (χ0v) is 19.9. The maximum absolute atomic E-state index is 12.8. The Hall–Kier alpha value is -2.78. The fourth-order valence-electron chi connectivity index (χ4n) is 2.51. The summed E-state index contributed by atoms with van der Waals surface area (Å²) in [5, 5.41) is 7.61. The molecule has 32 heavy (non-hydrogen) atoms. The van der Waals surface area contributed by atoms with Gasteiger partial charge in [-0.3, -0.25) is 14.1 Å². The molecule has 2 rings (SSSR count). The Morgan fingerprint density at radius 2 is 1.91 bits per heavy atom. The van der Waals surface area contributed by atoms with E-state index in [9.17, 15) is 22.8 Å². The number of nitrogens with two attached hydrogens (primary N) is 1. The summed E-state index contributed by atoms with van der Waals surface area (Å²) in [5.41, 5.74) is 2.85. The van der Waals surface area contributed by atoms with E-state index in [2.05, 4.69) is 15.5 Å². The Balaban J connectivity index is 2.26. The van der Waals surface area contributed by atoms with E-state index in [4.69, 9.17) is 19.9 Å². The van der Waals surface area contributed by atoms with Crippen LogP contribution in [0, 0.1) is 0 Å². The first kappa shape index (κ1) is 25.5. The van der Waals surface area contributed by atoms with Gasteiger partial charge in [0, 0.05) is 5.38 Å². The molecule has 1 aromatic heterocycles. The molecule has 0 spiro atoms. The maximum Gasteiger partial charge on any atom is 0.362 e. The van der Waals surface area contributed by atoms with Crippen LogP contribution in [0.15, 0.2) is 10.5 Å². The van der Waals surface area contributed by atoms with Gasteiger partial charge in [-0.25, -0.2) is 14.1 Å². The average molecular weight is 492 g/mol. The highest BCUT2D eigenvalue weighted by molar-refractivity contribution is 7.84. The van der Waals surface area contributed by atoms with Crippen LogP contribution in [0.5, 0.6) is 0 Å². The highest BCUT2D eigenvalue weighted by Crippen LogP contribution is 2.24. The summed E-state index contributed by atoms with van der Waals surface area (Å²) >= 11 is 1.01. The predicted octanol–water partition coefficient (Wildman–Crippen LogP) is 0.0846. The second kappa shape index (κ2) is 8.63. The molecule has 1 aromatic rings. The highest BCUT2D eigenvalue weighted by atomic mass is 32.2. The number of esters is 1. The van der Waals surface area contributed by atoms with Crippen molar-refractivity contribution in [2.45, 2.75) is 64.8 Å². The van der Waals surface area contributed by atoms with Gasteiger partial charge in [-0.1, -0.05) is 5.16 Å². The van der Waals surface area contributed by atoms with Gasteiger partial charge < -0.3 is 20.6 Å². The van der Waals surface area contributed by atoms with E-state index in [0.717, 1.165) is 11.3 Å². The number of nitrogen functional groups attached to an aromatic ring is 1. The largest absolute Gasteiger partial charge is 0.457 e. The molecule has 1 fully saturated rings. The molecule has 0 saturated carbocycles. The molecule has 1 aliphatic heterocycles. The molecule has 1 aliphatic rings. The molecular weight excluding hydrogens is 466 g/mol. The van der Waals surface area contributed by atoms with E-state index >= 15 is 0 Å². The van der Waals surface area contributed by atoms with Crippen LogP contribution in [0.4, 0.5) is 5.13 Å². The summed E-state index contributed by atoms with van der Waals surface area (Å²) in [6.45, 7) is 9.11. The van der Waals surface area contributed by atoms with Gasteiger partial charge in [-0.2, -0.15) is 8.42 Å². The third-order valence-electron chi connectivity index (χ3n) is 4.11. The van der Waals surface area contributed by atoms with Crippen LogP contribution in [0.2, 0.25) is 0 Å². The van der Waals surface area contributed by atoms with E-state index in [1.54, 1.807) is 20.8 Å². The first-order valence-electron chi connectivity index (χ1n) is 9.26. The summed E-state index contributed by atoms with van der Waals surface area (Å²) in [6.07, 6.45) is 0. The number of rotatable bonds is 7. The smallest absolute Gasteiger partial charge is 0.362 e. The normalized spacial score (nSPS) is 19.9. The third-order valence-corrected chi connectivity index (χ3v) is 5.79. The number of carbonyl (C=O) groups excluding carboxylic acids is 3. The van der Waals surface area contributed by atoms with Crippen molar-refractivity contribution in [3.8, 4) is 0 Å². The van der Waals surface area contributed by atoms with Gasteiger partial charge in [0.1, 0.15) is 17.3 Å². The van der Waals surface area contributed by atoms with Crippen LogP contribution in [0.1, 0.15) is 47.2 Å². The lowest BCUT2D eigenvalue weighted by atomic mass is 10.0. The van der Waals surface area contributed by atoms with Gasteiger partial charge in [0.25, 0.3) is 11.8 Å². The number of amides is 2. The Kier molecular flexibility index (Phi) is 6.87. The third kappa shape index (κ3) is 5.72. The molecule has 0 aromatic carbocycles. The van der Waals surface area contributed by atoms with Crippen molar-refractivity contribution in [2.75, 3.05) is 5.73 Å². The summed E-state index contributed by atoms with van der Waals surface area (Å²) < 4.78 is 37.1. The number of carbonyl (C=O) groups is 3. The number of oxime groups is 1. The number of hydrogen-bond acceptors (Lipinski definition) is 11. The van der Waals surface area contributed by atoms with Gasteiger partial charge >= 0.3 is 16.3 Å². The molecule has 0 radical (unpaired) electrons. The molecule has 2 unspecified atom stereocenters. The lowest BCUT2D eigenvalue weighted by Gasteiger charge is -2.42. The number of β-lactam (4-membered cyclic amide) rings is 1. The molecule has 1 saturated heterocycles. The maximum atomic E-state index is 12.8. The van der Waals surface area contributed by atoms with Crippen molar-refractivity contribution >= 4 is 50.3 Å².